The molecule has 3 aromatic rings. The van der Waals surface area contributed by atoms with Crippen LogP contribution in [0.4, 0.5) is 9.18 Å². The monoisotopic (exact) mass is 509 g/mol. The van der Waals surface area contributed by atoms with Gasteiger partial charge in [0.1, 0.15) is 12.4 Å². The number of nitrogens with one attached hydrogen (secondary N) is 1. The third kappa shape index (κ3) is 3.69. The molecule has 5 rings (SSSR count). The van der Waals surface area contributed by atoms with Crippen molar-refractivity contribution in [2.75, 3.05) is 13.7 Å². The Hall–Kier alpha value is -3.79. The van der Waals surface area contributed by atoms with Gasteiger partial charge in [0.25, 0.3) is 5.56 Å². The van der Waals surface area contributed by atoms with Gasteiger partial charge in [-0.05, 0) is 55.9 Å². The van der Waals surface area contributed by atoms with Crippen molar-refractivity contribution in [3.05, 3.63) is 61.7 Å². The zero-order valence-electron chi connectivity index (χ0n) is 21.2. The van der Waals surface area contributed by atoms with Gasteiger partial charge < -0.3 is 24.5 Å². The van der Waals surface area contributed by atoms with Crippen LogP contribution in [0, 0.1) is 19.7 Å². The van der Waals surface area contributed by atoms with Gasteiger partial charge in [0.2, 0.25) is 0 Å². The summed E-state index contributed by atoms with van der Waals surface area (Å²) in [5, 5.41) is 14.3. The molecule has 1 amide bonds. The van der Waals surface area contributed by atoms with E-state index in [2.05, 4.69) is 5.32 Å². The summed E-state index contributed by atoms with van der Waals surface area (Å²) in [4.78, 5) is 42.0. The fourth-order valence-corrected chi connectivity index (χ4v) is 5.42. The number of carbonyl (C=O) groups excluding carboxylic acids is 2. The smallest absolute Gasteiger partial charge is 0.406 e. The number of pyridine rings is 2. The lowest BCUT2D eigenvalue weighted by molar-refractivity contribution is -0.172. The molecule has 0 bridgehead atoms. The molecule has 2 N–H and O–H groups in total. The Morgan fingerprint density at radius 3 is 2.73 bits per heavy atom. The summed E-state index contributed by atoms with van der Waals surface area (Å²) < 4.78 is 26.8. The topological polar surface area (TPSA) is 120 Å². The molecule has 0 saturated carbocycles. The second kappa shape index (κ2) is 8.95. The Morgan fingerprint density at radius 1 is 1.27 bits per heavy atom. The second-order valence-electron chi connectivity index (χ2n) is 9.51. The van der Waals surface area contributed by atoms with Crippen molar-refractivity contribution in [1.82, 2.24) is 14.9 Å². The number of hydrogen-bond acceptors (Lipinski definition) is 7. The molecule has 2 aliphatic heterocycles. The summed E-state index contributed by atoms with van der Waals surface area (Å²) >= 11 is 0. The molecule has 10 heteroatoms. The number of aryl methyl sites for hydroxylation is 2. The normalized spacial score (nSPS) is 17.7. The Balaban J connectivity index is 1.65. The van der Waals surface area contributed by atoms with E-state index in [9.17, 15) is 23.9 Å². The van der Waals surface area contributed by atoms with E-state index < -0.39 is 23.5 Å². The van der Waals surface area contributed by atoms with Gasteiger partial charge in [0, 0.05) is 29.6 Å². The molecule has 0 spiro atoms. The van der Waals surface area contributed by atoms with E-state index in [4.69, 9.17) is 14.5 Å². The summed E-state index contributed by atoms with van der Waals surface area (Å²) in [7, 11) is 1.48. The average Bonchev–Trinajstić information content (AvgIpc) is 3.25. The molecule has 9 nitrogen and oxygen atoms in total. The zero-order valence-corrected chi connectivity index (χ0v) is 21.2. The summed E-state index contributed by atoms with van der Waals surface area (Å²) in [5.74, 6) is -1.18. The molecule has 2 aromatic heterocycles. The van der Waals surface area contributed by atoms with Crippen molar-refractivity contribution in [1.29, 1.82) is 0 Å². The molecule has 4 heterocycles. The predicted molar refractivity (Wildman–Crippen MR) is 133 cm³/mol. The number of nitrogens with zero attached hydrogens (tertiary/aromatic N) is 2. The number of carbonyl (C=O) groups is 2. The van der Waals surface area contributed by atoms with Crippen LogP contribution in [-0.4, -0.2) is 40.4 Å². The van der Waals surface area contributed by atoms with Crippen molar-refractivity contribution in [2.24, 2.45) is 0 Å². The molecule has 1 aromatic carbocycles. The molecule has 0 fully saturated rings. The van der Waals surface area contributed by atoms with Crippen LogP contribution in [0.2, 0.25) is 0 Å². The van der Waals surface area contributed by atoms with Crippen molar-refractivity contribution >= 4 is 23.0 Å². The minimum atomic E-state index is -1.91. The van der Waals surface area contributed by atoms with Crippen LogP contribution >= 0.6 is 0 Å². The lowest BCUT2D eigenvalue weighted by Crippen LogP contribution is -2.44. The van der Waals surface area contributed by atoms with Gasteiger partial charge in [0.05, 0.1) is 35.6 Å². The summed E-state index contributed by atoms with van der Waals surface area (Å²) in [6, 6.07) is 3.04. The van der Waals surface area contributed by atoms with Gasteiger partial charge in [-0.3, -0.25) is 4.79 Å². The molecule has 0 aliphatic carbocycles. The first-order chi connectivity index (χ1) is 17.6. The van der Waals surface area contributed by atoms with Crippen LogP contribution in [0.5, 0.6) is 0 Å². The minimum absolute atomic E-state index is 0.0518. The van der Waals surface area contributed by atoms with Crippen LogP contribution in [0.3, 0.4) is 0 Å². The third-order valence-corrected chi connectivity index (χ3v) is 7.59. The second-order valence-corrected chi connectivity index (χ2v) is 9.51. The molecule has 0 radical (unpaired) electrons. The summed E-state index contributed by atoms with van der Waals surface area (Å²) in [6.07, 6.45) is 0.502. The van der Waals surface area contributed by atoms with Gasteiger partial charge in [-0.2, -0.15) is 0 Å². The number of hydrogen-bond donors (Lipinski definition) is 2. The third-order valence-electron chi connectivity index (χ3n) is 7.59. The first-order valence-electron chi connectivity index (χ1n) is 12.2. The molecule has 0 saturated heterocycles. The van der Waals surface area contributed by atoms with Crippen LogP contribution in [0.15, 0.2) is 16.9 Å². The van der Waals surface area contributed by atoms with Crippen LogP contribution in [-0.2, 0) is 39.4 Å². The molecular weight excluding hydrogens is 481 g/mol. The van der Waals surface area contributed by atoms with Gasteiger partial charge in [0.15, 0.2) is 5.60 Å². The largest absolute Gasteiger partial charge is 0.458 e. The van der Waals surface area contributed by atoms with Crippen LogP contribution < -0.4 is 10.9 Å². The number of amides is 1. The minimum Gasteiger partial charge on any atom is -0.458 e. The number of aliphatic hydroxyl groups is 1. The first-order valence-corrected chi connectivity index (χ1v) is 12.2. The maximum absolute atomic E-state index is 15.0. The summed E-state index contributed by atoms with van der Waals surface area (Å²) in [5.41, 5.74) is 2.68. The molecular formula is C27H28FN3O6. The quantitative estimate of drug-likeness (QED) is 0.313. The van der Waals surface area contributed by atoms with Gasteiger partial charge >= 0.3 is 12.1 Å². The highest BCUT2D eigenvalue weighted by molar-refractivity contribution is 5.92. The number of esters is 1. The van der Waals surface area contributed by atoms with Gasteiger partial charge in [-0.15, -0.1) is 0 Å². The lowest BCUT2D eigenvalue weighted by atomic mass is 9.86. The number of aromatic nitrogens is 2. The Morgan fingerprint density at radius 2 is 2.03 bits per heavy atom. The summed E-state index contributed by atoms with van der Waals surface area (Å²) in [6.45, 7) is 5.54. The Labute approximate surface area is 212 Å². The van der Waals surface area contributed by atoms with E-state index >= 15 is 0 Å². The van der Waals surface area contributed by atoms with Crippen LogP contribution in [0.25, 0.3) is 22.3 Å². The highest BCUT2D eigenvalue weighted by Crippen LogP contribution is 2.41. The van der Waals surface area contributed by atoms with Crippen LogP contribution in [0.1, 0.15) is 53.1 Å². The fourth-order valence-electron chi connectivity index (χ4n) is 5.42. The number of alkyl carbamates (subject to hydrolysis) is 1. The van der Waals surface area contributed by atoms with Crippen molar-refractivity contribution in [3.63, 3.8) is 0 Å². The van der Waals surface area contributed by atoms with Crippen molar-refractivity contribution in [2.45, 2.75) is 58.8 Å². The van der Waals surface area contributed by atoms with E-state index in [-0.39, 0.29) is 42.9 Å². The lowest BCUT2D eigenvalue weighted by Gasteiger charge is -2.31. The fraction of sp³-hybridized carbons (Fsp3) is 0.407. The number of rotatable bonds is 5. The van der Waals surface area contributed by atoms with E-state index in [1.54, 1.807) is 24.5 Å². The van der Waals surface area contributed by atoms with E-state index in [0.717, 1.165) is 22.1 Å². The Bertz CT molecular complexity index is 1550. The number of ether oxygens (including phenoxy) is 2. The molecule has 194 valence electrons. The van der Waals surface area contributed by atoms with Gasteiger partial charge in [-0.25, -0.2) is 19.0 Å². The van der Waals surface area contributed by atoms with Crippen molar-refractivity contribution < 1.29 is 28.6 Å². The Kier molecular flexibility index (Phi) is 6.02. The molecule has 1 atom stereocenters. The number of fused-ring (bicyclic) bond motifs is 5. The molecule has 0 unspecified atom stereocenters. The van der Waals surface area contributed by atoms with E-state index in [1.165, 1.54) is 13.1 Å². The zero-order chi connectivity index (χ0) is 26.6. The maximum Gasteiger partial charge on any atom is 0.406 e. The van der Waals surface area contributed by atoms with E-state index in [1.807, 2.05) is 6.92 Å². The molecule has 2 aliphatic rings. The van der Waals surface area contributed by atoms with Gasteiger partial charge in [-0.1, -0.05) is 6.92 Å². The average molecular weight is 510 g/mol. The predicted octanol–water partition coefficient (Wildman–Crippen LogP) is 3.12. The van der Waals surface area contributed by atoms with Crippen molar-refractivity contribution in [3.8, 4) is 11.4 Å². The van der Waals surface area contributed by atoms with E-state index in [0.29, 0.717) is 35.3 Å². The highest BCUT2D eigenvalue weighted by atomic mass is 19.1. The standard InChI is InChI=1S/C27H28FN3O6/c1-5-27(35)18-9-21-23-16(11-31(21)24(32)17(18)12-37-25(27)33)14(3)22-15(7-6-8-36-26(34)29-4)13(2)19(28)10-20(22)30-23/h9-10,35H,5-8,11-12H2,1-4H3,(H,29,34)/t27-/m0/s1. The first kappa shape index (κ1) is 24.9. The number of benzene rings is 1. The maximum atomic E-state index is 15.0. The SMILES string of the molecule is CC[C@@]1(O)C(=O)OCc2c1cc1n(c2=O)Cc2c-1nc1cc(F)c(C)c(CCCOC(=O)NC)c1c2C. The highest BCUT2D eigenvalue weighted by Gasteiger charge is 2.45. The number of halogens is 1. The molecule has 37 heavy (non-hydrogen) atoms. The number of cyclic esters (lactones) is 1.